The number of urea groups is 1. The summed E-state index contributed by atoms with van der Waals surface area (Å²) in [6.07, 6.45) is 0. The Morgan fingerprint density at radius 3 is 2.55 bits per heavy atom. The van der Waals surface area contributed by atoms with Gasteiger partial charge in [-0.25, -0.2) is 9.78 Å². The maximum atomic E-state index is 12.5. The van der Waals surface area contributed by atoms with Crippen LogP contribution in [0.2, 0.25) is 5.02 Å². The van der Waals surface area contributed by atoms with Gasteiger partial charge in [-0.2, -0.15) is 9.78 Å². The van der Waals surface area contributed by atoms with E-state index in [1.54, 1.807) is 25.1 Å². The smallest absolute Gasteiger partial charge is 0.320 e. The molecule has 3 N–H and O–H groups in total. The minimum Gasteiger partial charge on any atom is -0.334 e. The highest BCUT2D eigenvalue weighted by molar-refractivity contribution is 6.30. The molecule has 0 saturated heterocycles. The molecule has 156 valence electrons. The quantitative estimate of drug-likeness (QED) is 0.443. The summed E-state index contributed by atoms with van der Waals surface area (Å²) in [5.74, 6) is 0.571. The molecule has 0 fully saturated rings. The number of rotatable bonds is 5. The number of carbonyl (C=O) groups excluding carboxylic acids is 1. The number of hydrogen-bond donors (Lipinski definition) is 3. The maximum Gasteiger partial charge on any atom is 0.320 e. The van der Waals surface area contributed by atoms with E-state index < -0.39 is 6.03 Å². The average Bonchev–Trinajstić information content (AvgIpc) is 3.17. The van der Waals surface area contributed by atoms with E-state index in [-0.39, 0.29) is 11.5 Å². The summed E-state index contributed by atoms with van der Waals surface area (Å²) in [5, 5.41) is 10.7. The monoisotopic (exact) mass is 434 g/mol. The van der Waals surface area contributed by atoms with Crippen molar-refractivity contribution in [2.75, 3.05) is 5.32 Å². The lowest BCUT2D eigenvalue weighted by atomic mass is 10.2. The molecule has 8 nitrogen and oxygen atoms in total. The summed E-state index contributed by atoms with van der Waals surface area (Å²) in [5.41, 5.74) is 2.62. The van der Waals surface area contributed by atoms with E-state index in [1.807, 2.05) is 42.5 Å². The van der Waals surface area contributed by atoms with E-state index in [4.69, 9.17) is 11.6 Å². The minimum atomic E-state index is -0.425. The Bertz CT molecular complexity index is 1270. The number of hydrogen-bond acceptors (Lipinski definition) is 4. The molecule has 0 bridgehead atoms. The van der Waals surface area contributed by atoms with E-state index >= 15 is 0 Å². The third-order valence-electron chi connectivity index (χ3n) is 4.44. The van der Waals surface area contributed by atoms with Gasteiger partial charge >= 0.3 is 6.03 Å². The predicted molar refractivity (Wildman–Crippen MR) is 119 cm³/mol. The predicted octanol–water partition coefficient (Wildman–Crippen LogP) is 3.91. The van der Waals surface area contributed by atoms with Crippen LogP contribution in [0.4, 0.5) is 10.6 Å². The summed E-state index contributed by atoms with van der Waals surface area (Å²) in [7, 11) is 0. The largest absolute Gasteiger partial charge is 0.334 e. The first-order valence-corrected chi connectivity index (χ1v) is 9.89. The highest BCUT2D eigenvalue weighted by Crippen LogP contribution is 2.23. The van der Waals surface area contributed by atoms with Crippen LogP contribution >= 0.6 is 11.6 Å². The van der Waals surface area contributed by atoms with Crippen LogP contribution in [0.15, 0.2) is 71.5 Å². The molecule has 0 aliphatic rings. The molecule has 0 atom stereocenters. The van der Waals surface area contributed by atoms with Crippen molar-refractivity contribution < 1.29 is 4.79 Å². The fraction of sp³-hybridized carbons (Fsp3) is 0.0909. The van der Waals surface area contributed by atoms with E-state index in [2.05, 4.69) is 25.7 Å². The molecule has 2 amide bonds. The average molecular weight is 435 g/mol. The van der Waals surface area contributed by atoms with E-state index in [0.717, 1.165) is 11.1 Å². The van der Waals surface area contributed by atoms with Crippen LogP contribution in [-0.2, 0) is 6.54 Å². The van der Waals surface area contributed by atoms with Crippen molar-refractivity contribution in [3.63, 3.8) is 0 Å². The first-order valence-electron chi connectivity index (χ1n) is 9.51. The Morgan fingerprint density at radius 1 is 1.10 bits per heavy atom. The minimum absolute atomic E-state index is 0.209. The van der Waals surface area contributed by atoms with Crippen LogP contribution in [0.3, 0.4) is 0 Å². The second kappa shape index (κ2) is 8.85. The molecule has 2 aromatic heterocycles. The zero-order valence-electron chi connectivity index (χ0n) is 16.6. The van der Waals surface area contributed by atoms with Gasteiger partial charge in [-0.05, 0) is 24.6 Å². The van der Waals surface area contributed by atoms with Crippen molar-refractivity contribution in [3.8, 4) is 17.2 Å². The van der Waals surface area contributed by atoms with Gasteiger partial charge < -0.3 is 5.32 Å². The number of aromatic nitrogens is 4. The van der Waals surface area contributed by atoms with E-state index in [0.29, 0.717) is 28.8 Å². The van der Waals surface area contributed by atoms with Crippen molar-refractivity contribution >= 4 is 23.4 Å². The molecule has 0 aliphatic carbocycles. The maximum absolute atomic E-state index is 12.5. The first kappa shape index (κ1) is 20.4. The molecule has 0 aliphatic heterocycles. The normalized spacial score (nSPS) is 10.6. The Kier molecular flexibility index (Phi) is 5.81. The van der Waals surface area contributed by atoms with Crippen LogP contribution in [0.25, 0.3) is 17.2 Å². The topological polar surface area (TPSA) is 105 Å². The molecular weight excluding hydrogens is 416 g/mol. The van der Waals surface area contributed by atoms with E-state index in [1.165, 1.54) is 10.7 Å². The Balaban J connectivity index is 1.61. The summed E-state index contributed by atoms with van der Waals surface area (Å²) < 4.78 is 1.40. The molecule has 0 spiro atoms. The molecule has 4 rings (SSSR count). The highest BCUT2D eigenvalue weighted by atomic mass is 35.5. The molecule has 2 heterocycles. The zero-order valence-corrected chi connectivity index (χ0v) is 17.3. The van der Waals surface area contributed by atoms with E-state index in [9.17, 15) is 9.59 Å². The second-order valence-corrected chi connectivity index (χ2v) is 7.27. The van der Waals surface area contributed by atoms with Gasteiger partial charge in [0.15, 0.2) is 0 Å². The lowest BCUT2D eigenvalue weighted by Gasteiger charge is -2.09. The number of nitrogens with zero attached hydrogens (tertiary/aromatic N) is 3. The standard InChI is InChI=1S/C22H19ClN6O2/c1-14-11-20(30)27-21(25-14)29-19(12-18(28-29)16-5-3-2-4-6-16)26-22(31)24-13-15-7-9-17(23)10-8-15/h2-12H,13H2,1H3,(H2,24,26,31)(H,25,27,30). The molecule has 31 heavy (non-hydrogen) atoms. The number of halogens is 1. The highest BCUT2D eigenvalue weighted by Gasteiger charge is 2.15. The number of aryl methyl sites for hydroxylation is 1. The van der Waals surface area contributed by atoms with Crippen LogP contribution in [-0.4, -0.2) is 25.8 Å². The molecular formula is C22H19ClN6O2. The SMILES string of the molecule is Cc1cc(=O)[nH]c(-n2nc(-c3ccccc3)cc2NC(=O)NCc2ccc(Cl)cc2)n1. The number of benzene rings is 2. The molecule has 4 aromatic rings. The number of anilines is 1. The van der Waals surface area contributed by atoms with Gasteiger partial charge in [-0.15, -0.1) is 0 Å². The molecule has 2 aromatic carbocycles. The van der Waals surface area contributed by atoms with Gasteiger partial charge in [0.25, 0.3) is 5.56 Å². The van der Waals surface area contributed by atoms with Gasteiger partial charge in [0.2, 0.25) is 5.95 Å². The van der Waals surface area contributed by atoms with Gasteiger partial charge in [-0.1, -0.05) is 54.1 Å². The summed E-state index contributed by atoms with van der Waals surface area (Å²) >= 11 is 5.89. The van der Waals surface area contributed by atoms with Gasteiger partial charge in [0.1, 0.15) is 5.82 Å². The van der Waals surface area contributed by atoms with Crippen LogP contribution in [0, 0.1) is 6.92 Å². The summed E-state index contributed by atoms with van der Waals surface area (Å²) in [6.45, 7) is 2.04. The van der Waals surface area contributed by atoms with Crippen molar-refractivity contribution in [1.29, 1.82) is 0 Å². The van der Waals surface area contributed by atoms with Gasteiger partial charge in [0, 0.05) is 35.0 Å². The fourth-order valence-corrected chi connectivity index (χ4v) is 3.12. The molecule has 9 heteroatoms. The number of nitrogens with one attached hydrogen (secondary N) is 3. The Hall–Kier alpha value is -3.91. The van der Waals surface area contributed by atoms with Gasteiger partial charge in [0.05, 0.1) is 5.69 Å². The second-order valence-electron chi connectivity index (χ2n) is 6.84. The fourth-order valence-electron chi connectivity index (χ4n) is 2.99. The van der Waals surface area contributed by atoms with Crippen LogP contribution in [0.1, 0.15) is 11.3 Å². The Morgan fingerprint density at radius 2 is 1.84 bits per heavy atom. The summed E-state index contributed by atoms with van der Waals surface area (Å²) in [6, 6.07) is 19.4. The first-order chi connectivity index (χ1) is 15.0. The molecule has 0 radical (unpaired) electrons. The van der Waals surface area contributed by atoms with Gasteiger partial charge in [-0.3, -0.25) is 15.1 Å². The number of H-pyrrole nitrogens is 1. The third kappa shape index (κ3) is 4.99. The molecule has 0 unspecified atom stereocenters. The Labute approximate surface area is 182 Å². The van der Waals surface area contributed by atoms with Crippen molar-refractivity contribution in [3.05, 3.63) is 93.4 Å². The lowest BCUT2D eigenvalue weighted by molar-refractivity contribution is 0.251. The third-order valence-corrected chi connectivity index (χ3v) is 4.70. The van der Waals surface area contributed by atoms with Crippen molar-refractivity contribution in [2.45, 2.75) is 13.5 Å². The number of carbonyl (C=O) groups is 1. The molecule has 0 saturated carbocycles. The van der Waals surface area contributed by atoms with Crippen LogP contribution in [0.5, 0.6) is 0 Å². The number of aromatic amines is 1. The lowest BCUT2D eigenvalue weighted by Crippen LogP contribution is -2.29. The van der Waals surface area contributed by atoms with Crippen molar-refractivity contribution in [2.24, 2.45) is 0 Å². The number of amides is 2. The summed E-state index contributed by atoms with van der Waals surface area (Å²) in [4.78, 5) is 31.5. The zero-order chi connectivity index (χ0) is 21.8. The van der Waals surface area contributed by atoms with Crippen LogP contribution < -0.4 is 16.2 Å². The van der Waals surface area contributed by atoms with Crippen molar-refractivity contribution in [1.82, 2.24) is 25.1 Å².